The molecule has 0 spiro atoms. The SMILES string of the molecule is CCn1c(-c2cc(N3CCN4CCOC[C@@H]4C3)cnc2[C@H](C)OC)c2c3cc(ccc31)-c1csc(n1)C[C@H](NC(=O)N1[C@@H](C)CN(C)C[C@@H]1C)C(=O)N1CCC[C@H](N1)C(=O)OCC(C)(C)C2. The van der Waals surface area contributed by atoms with Crippen molar-refractivity contribution in [1.29, 1.82) is 0 Å². The largest absolute Gasteiger partial charge is 0.464 e. The van der Waals surface area contributed by atoms with Gasteiger partial charge in [0.05, 0.1) is 65.9 Å². The van der Waals surface area contributed by atoms with Crippen molar-refractivity contribution in [2.24, 2.45) is 5.41 Å². The Morgan fingerprint density at radius 3 is 2.67 bits per heavy atom. The maximum Gasteiger partial charge on any atom is 0.324 e. The van der Waals surface area contributed by atoms with Crippen molar-refractivity contribution in [3.63, 3.8) is 0 Å². The van der Waals surface area contributed by atoms with E-state index in [9.17, 15) is 14.4 Å². The summed E-state index contributed by atoms with van der Waals surface area (Å²) in [5, 5.41) is 8.49. The number of rotatable bonds is 6. The number of methoxy groups -OCH3 is 1. The standard InChI is InChI=1S/C49H68N10O6S/c1-9-57-42-13-12-33-19-36(42)38(45(57)37-20-34(23-50-44(37)32(4)63-8)56-16-15-55-17-18-64-27-35(55)26-56)22-49(5,6)29-65-47(61)39-11-10-14-58(53-39)46(60)40(21-43-51-41(33)28-66-43)52-48(62)59-30(2)24-54(7)25-31(59)3/h12-13,19-20,23,28,30-32,35,39-40,53H,9-11,14-18,21-22,24-27,29H2,1-8H3,(H,52,62)/t30-,31-,32-,35-,39-,40-/m0/s1. The van der Waals surface area contributed by atoms with Gasteiger partial charge in [-0.15, -0.1) is 11.3 Å². The molecule has 1 aromatic carbocycles. The number of fused-ring (bicyclic) bond motifs is 7. The zero-order valence-corrected chi connectivity index (χ0v) is 40.8. The number of hydrogen-bond acceptors (Lipinski definition) is 13. The van der Waals surface area contributed by atoms with Crippen LogP contribution in [0.25, 0.3) is 33.4 Å². The average Bonchev–Trinajstić information content (AvgIpc) is 3.90. The number of aromatic nitrogens is 3. The second-order valence-electron chi connectivity index (χ2n) is 19.9. The number of carbonyl (C=O) groups is 3. The van der Waals surface area contributed by atoms with E-state index in [2.05, 4.69) is 89.0 Å². The summed E-state index contributed by atoms with van der Waals surface area (Å²) in [6.07, 6.45) is 3.65. The summed E-state index contributed by atoms with van der Waals surface area (Å²) < 4.78 is 20.5. The molecule has 4 aromatic rings. The first kappa shape index (κ1) is 46.5. The van der Waals surface area contributed by atoms with Crippen LogP contribution in [0.4, 0.5) is 10.5 Å². The van der Waals surface area contributed by atoms with Crippen LogP contribution in [0.15, 0.2) is 35.8 Å². The Morgan fingerprint density at radius 2 is 1.89 bits per heavy atom. The van der Waals surface area contributed by atoms with Crippen LogP contribution in [0.1, 0.15) is 76.8 Å². The van der Waals surface area contributed by atoms with Crippen molar-refractivity contribution in [2.75, 3.05) is 84.7 Å². The molecule has 2 N–H and O–H groups in total. The zero-order valence-electron chi connectivity index (χ0n) is 40.0. The number of hydrogen-bond donors (Lipinski definition) is 2. The molecular weight excluding hydrogens is 857 g/mol. The maximum atomic E-state index is 14.5. The maximum absolute atomic E-state index is 14.5. The van der Waals surface area contributed by atoms with Crippen molar-refractivity contribution in [3.8, 4) is 22.5 Å². The minimum atomic E-state index is -0.918. The highest BCUT2D eigenvalue weighted by atomic mass is 32.1. The number of urea groups is 1. The molecule has 8 heterocycles. The minimum Gasteiger partial charge on any atom is -0.464 e. The van der Waals surface area contributed by atoms with Crippen LogP contribution in [-0.4, -0.2) is 162 Å². The number of aryl methyl sites for hydroxylation is 1. The number of esters is 1. The lowest BCUT2D eigenvalue weighted by atomic mass is 9.84. The lowest BCUT2D eigenvalue weighted by Gasteiger charge is -2.44. The summed E-state index contributed by atoms with van der Waals surface area (Å²) in [5.41, 5.74) is 10.7. The fourth-order valence-electron chi connectivity index (χ4n) is 11.0. The van der Waals surface area contributed by atoms with Gasteiger partial charge in [-0.05, 0) is 77.8 Å². The fraction of sp³-hybridized carbons (Fsp3) is 0.612. The van der Waals surface area contributed by atoms with Gasteiger partial charge in [0.2, 0.25) is 0 Å². The molecule has 6 atom stereocenters. The molecule has 5 aliphatic heterocycles. The smallest absolute Gasteiger partial charge is 0.324 e. The van der Waals surface area contributed by atoms with Crippen LogP contribution < -0.4 is 15.6 Å². The molecule has 5 aliphatic rings. The molecule has 6 bridgehead atoms. The summed E-state index contributed by atoms with van der Waals surface area (Å²) in [4.78, 5) is 62.0. The van der Waals surface area contributed by atoms with Crippen molar-refractivity contribution in [3.05, 3.63) is 52.1 Å². The van der Waals surface area contributed by atoms with Gasteiger partial charge in [0.25, 0.3) is 5.91 Å². The molecule has 0 saturated carbocycles. The van der Waals surface area contributed by atoms with Crippen LogP contribution in [0.3, 0.4) is 0 Å². The van der Waals surface area contributed by atoms with Gasteiger partial charge in [-0.3, -0.25) is 24.5 Å². The fourth-order valence-corrected chi connectivity index (χ4v) is 11.8. The van der Waals surface area contributed by atoms with E-state index in [1.807, 2.05) is 30.3 Å². The van der Waals surface area contributed by atoms with E-state index in [1.54, 1.807) is 7.11 Å². The number of anilines is 1. The van der Waals surface area contributed by atoms with Crippen LogP contribution in [-0.2, 0) is 43.2 Å². The molecule has 0 unspecified atom stereocenters. The van der Waals surface area contributed by atoms with Crippen LogP contribution in [0, 0.1) is 5.41 Å². The average molecular weight is 925 g/mol. The van der Waals surface area contributed by atoms with Crippen molar-refractivity contribution < 1.29 is 28.6 Å². The van der Waals surface area contributed by atoms with Crippen molar-refractivity contribution in [1.82, 2.24) is 45.0 Å². The highest BCUT2D eigenvalue weighted by Crippen LogP contribution is 2.43. The van der Waals surface area contributed by atoms with E-state index in [0.717, 1.165) is 108 Å². The molecule has 66 heavy (non-hydrogen) atoms. The third kappa shape index (κ3) is 9.31. The zero-order chi connectivity index (χ0) is 46.4. The van der Waals surface area contributed by atoms with E-state index in [0.29, 0.717) is 38.4 Å². The quantitative estimate of drug-likeness (QED) is 0.241. The van der Waals surface area contributed by atoms with E-state index < -0.39 is 23.5 Å². The predicted octanol–water partition coefficient (Wildman–Crippen LogP) is 5.34. The lowest BCUT2D eigenvalue weighted by molar-refractivity contribution is -0.155. The number of nitrogens with one attached hydrogen (secondary N) is 2. The molecule has 0 aliphatic carbocycles. The first-order chi connectivity index (χ1) is 31.7. The Bertz CT molecular complexity index is 2430. The number of likely N-dealkylation sites (N-methyl/N-ethyl adjacent to an activating group) is 1. The number of benzene rings is 1. The number of cyclic esters (lactones) is 1. The number of carbonyl (C=O) groups excluding carboxylic acids is 3. The van der Waals surface area contributed by atoms with Crippen LogP contribution in [0.2, 0.25) is 0 Å². The normalized spacial score (nSPS) is 26.2. The predicted molar refractivity (Wildman–Crippen MR) is 256 cm³/mol. The summed E-state index contributed by atoms with van der Waals surface area (Å²) >= 11 is 1.48. The molecule has 356 valence electrons. The van der Waals surface area contributed by atoms with Crippen LogP contribution in [0.5, 0.6) is 0 Å². The van der Waals surface area contributed by atoms with E-state index in [-0.39, 0.29) is 43.2 Å². The summed E-state index contributed by atoms with van der Waals surface area (Å²) in [6.45, 7) is 20.6. The summed E-state index contributed by atoms with van der Waals surface area (Å²) in [7, 11) is 3.79. The van der Waals surface area contributed by atoms with E-state index in [1.165, 1.54) is 16.3 Å². The third-order valence-corrected chi connectivity index (χ3v) is 15.2. The third-order valence-electron chi connectivity index (χ3n) is 14.3. The number of ether oxygens (including phenoxy) is 3. The highest BCUT2D eigenvalue weighted by molar-refractivity contribution is 7.10. The number of pyridine rings is 1. The number of piperazine rings is 2. The lowest BCUT2D eigenvalue weighted by Crippen LogP contribution is -2.64. The number of morpholine rings is 1. The second kappa shape index (κ2) is 19.2. The number of amides is 3. The van der Waals surface area contributed by atoms with Gasteiger partial charge in [-0.1, -0.05) is 19.9 Å². The molecule has 4 fully saturated rings. The van der Waals surface area contributed by atoms with Crippen LogP contribution >= 0.6 is 11.3 Å². The molecule has 16 nitrogen and oxygen atoms in total. The molecule has 3 aromatic heterocycles. The van der Waals surface area contributed by atoms with Crippen molar-refractivity contribution in [2.45, 2.75) is 110 Å². The Morgan fingerprint density at radius 1 is 1.09 bits per heavy atom. The Kier molecular flexibility index (Phi) is 13.5. The molecule has 4 saturated heterocycles. The molecule has 0 radical (unpaired) electrons. The molecule has 17 heteroatoms. The monoisotopic (exact) mass is 925 g/mol. The Balaban J connectivity index is 1.14. The van der Waals surface area contributed by atoms with Gasteiger partial charge in [0, 0.05) is 111 Å². The van der Waals surface area contributed by atoms with E-state index >= 15 is 0 Å². The Hall–Kier alpha value is -4.65. The van der Waals surface area contributed by atoms with Gasteiger partial charge >= 0.3 is 12.0 Å². The van der Waals surface area contributed by atoms with Gasteiger partial charge in [0.15, 0.2) is 0 Å². The first-order valence-electron chi connectivity index (χ1n) is 23.9. The van der Waals surface area contributed by atoms with E-state index in [4.69, 9.17) is 24.2 Å². The van der Waals surface area contributed by atoms with Crippen molar-refractivity contribution >= 4 is 45.8 Å². The summed E-state index contributed by atoms with van der Waals surface area (Å²) in [6, 6.07) is 7.20. The van der Waals surface area contributed by atoms with Gasteiger partial charge < -0.3 is 38.8 Å². The molecule has 9 rings (SSSR count). The van der Waals surface area contributed by atoms with Gasteiger partial charge in [0.1, 0.15) is 12.1 Å². The number of hydrazine groups is 1. The number of nitrogens with zero attached hydrogens (tertiary/aromatic N) is 8. The second-order valence-corrected chi connectivity index (χ2v) is 20.9. The summed E-state index contributed by atoms with van der Waals surface area (Å²) in [5.74, 6) is -0.707. The number of thiazole rings is 1. The Labute approximate surface area is 392 Å². The highest BCUT2D eigenvalue weighted by Gasteiger charge is 2.39. The molecular formula is C49H68N10O6S. The molecule has 3 amide bonds. The topological polar surface area (TPSA) is 150 Å². The van der Waals surface area contributed by atoms with Gasteiger partial charge in [-0.2, -0.15) is 0 Å². The first-order valence-corrected chi connectivity index (χ1v) is 24.8. The van der Waals surface area contributed by atoms with Gasteiger partial charge in [-0.25, -0.2) is 15.2 Å². The minimum absolute atomic E-state index is 0.0398.